The predicted molar refractivity (Wildman–Crippen MR) is 79.7 cm³/mol. The van der Waals surface area contributed by atoms with Crippen molar-refractivity contribution in [3.05, 3.63) is 37.8 Å². The summed E-state index contributed by atoms with van der Waals surface area (Å²) >= 11 is 6.08. The summed E-state index contributed by atoms with van der Waals surface area (Å²) in [5.41, 5.74) is 1.13. The highest BCUT2D eigenvalue weighted by molar-refractivity contribution is 9.10. The van der Waals surface area contributed by atoms with Gasteiger partial charge in [-0.2, -0.15) is 4.31 Å². The summed E-state index contributed by atoms with van der Waals surface area (Å²) in [6, 6.07) is 3.75. The van der Waals surface area contributed by atoms with Crippen LogP contribution in [0.3, 0.4) is 0 Å². The fraction of sp³-hybridized carbons (Fsp3) is 0.273. The van der Waals surface area contributed by atoms with Crippen molar-refractivity contribution in [2.45, 2.75) is 17.7 Å². The molecule has 7 heteroatoms. The van der Waals surface area contributed by atoms with Gasteiger partial charge in [-0.05, 0) is 51.3 Å². The molecule has 0 bridgehead atoms. The second-order valence-electron chi connectivity index (χ2n) is 3.84. The Balaban J connectivity index is 2.27. The average Bonchev–Trinajstić information content (AvgIpc) is 2.88. The maximum Gasteiger partial charge on any atom is 0.253 e. The Hall–Kier alpha value is -0.210. The lowest BCUT2D eigenvalue weighted by Crippen LogP contribution is -2.25. The van der Waals surface area contributed by atoms with E-state index >= 15 is 0 Å². The minimum Gasteiger partial charge on any atom is -0.206 e. The van der Waals surface area contributed by atoms with E-state index in [2.05, 4.69) is 15.9 Å². The van der Waals surface area contributed by atoms with Crippen molar-refractivity contribution in [2.75, 3.05) is 7.05 Å². The lowest BCUT2D eigenvalue weighted by atomic mass is 10.3. The van der Waals surface area contributed by atoms with Crippen LogP contribution in [0.25, 0.3) is 0 Å². The molecule has 0 radical (unpaired) electrons. The Morgan fingerprint density at radius 2 is 1.94 bits per heavy atom. The number of nitrogens with zero attached hydrogens (tertiary/aromatic N) is 1. The zero-order chi connectivity index (χ0) is 13.3. The Kier molecular flexibility index (Phi) is 4.28. The topological polar surface area (TPSA) is 37.4 Å². The summed E-state index contributed by atoms with van der Waals surface area (Å²) in [6.07, 6.45) is 0. The van der Waals surface area contributed by atoms with Gasteiger partial charge in [-0.1, -0.05) is 0 Å². The normalized spacial score (nSPS) is 12.2. The first-order valence-corrected chi connectivity index (χ1v) is 9.14. The number of sulfonamides is 1. The first-order valence-electron chi connectivity index (χ1n) is 5.15. The van der Waals surface area contributed by atoms with Crippen LogP contribution in [0, 0.1) is 6.92 Å². The number of rotatable bonds is 4. The van der Waals surface area contributed by atoms with Crippen LogP contribution >= 0.6 is 38.6 Å². The Bertz CT molecular complexity index is 645. The van der Waals surface area contributed by atoms with Crippen LogP contribution in [0.4, 0.5) is 0 Å². The van der Waals surface area contributed by atoms with Crippen LogP contribution in [0.1, 0.15) is 10.4 Å². The summed E-state index contributed by atoms with van der Waals surface area (Å²) in [6.45, 7) is 2.41. The van der Waals surface area contributed by atoms with Gasteiger partial charge in [0.25, 0.3) is 10.0 Å². The fourth-order valence-corrected chi connectivity index (χ4v) is 6.14. The molecule has 2 aromatic rings. The summed E-state index contributed by atoms with van der Waals surface area (Å²) in [5, 5.41) is 3.74. The van der Waals surface area contributed by atoms with Crippen molar-refractivity contribution in [3.63, 3.8) is 0 Å². The molecular formula is C11H12BrNO2S3. The zero-order valence-corrected chi connectivity index (χ0v) is 13.9. The Labute approximate surface area is 123 Å². The van der Waals surface area contributed by atoms with Gasteiger partial charge < -0.3 is 0 Å². The third-order valence-electron chi connectivity index (χ3n) is 2.56. The van der Waals surface area contributed by atoms with E-state index in [-0.39, 0.29) is 0 Å². The van der Waals surface area contributed by atoms with Gasteiger partial charge in [0.1, 0.15) is 4.21 Å². The second kappa shape index (κ2) is 5.42. The summed E-state index contributed by atoms with van der Waals surface area (Å²) < 4.78 is 27.1. The van der Waals surface area contributed by atoms with Gasteiger partial charge in [0.05, 0.1) is 0 Å². The van der Waals surface area contributed by atoms with Crippen molar-refractivity contribution in [3.8, 4) is 0 Å². The number of hydrogen-bond donors (Lipinski definition) is 0. The fourth-order valence-electron chi connectivity index (χ4n) is 1.46. The van der Waals surface area contributed by atoms with E-state index in [4.69, 9.17) is 0 Å². The summed E-state index contributed by atoms with van der Waals surface area (Å²) in [7, 11) is -1.80. The third kappa shape index (κ3) is 2.70. The van der Waals surface area contributed by atoms with Crippen molar-refractivity contribution in [1.82, 2.24) is 4.31 Å². The monoisotopic (exact) mass is 365 g/mol. The van der Waals surface area contributed by atoms with Crippen molar-refractivity contribution in [1.29, 1.82) is 0 Å². The molecule has 0 N–H and O–H groups in total. The van der Waals surface area contributed by atoms with E-state index in [1.54, 1.807) is 29.8 Å². The molecule has 2 heterocycles. The summed E-state index contributed by atoms with van der Waals surface area (Å²) in [4.78, 5) is 1.08. The van der Waals surface area contributed by atoms with Crippen LogP contribution in [0.5, 0.6) is 0 Å². The molecule has 0 unspecified atom stereocenters. The largest absolute Gasteiger partial charge is 0.253 e. The SMILES string of the molecule is Cc1ccsc1CN(C)S(=O)(=O)c1sccc1Br. The molecule has 0 aromatic carbocycles. The highest BCUT2D eigenvalue weighted by atomic mass is 79.9. The molecule has 2 rings (SSSR count). The van der Waals surface area contributed by atoms with Gasteiger partial charge in [0, 0.05) is 22.9 Å². The number of thiophene rings is 2. The van der Waals surface area contributed by atoms with Gasteiger partial charge in [-0.25, -0.2) is 8.42 Å². The molecule has 18 heavy (non-hydrogen) atoms. The molecule has 98 valence electrons. The van der Waals surface area contributed by atoms with Gasteiger partial charge >= 0.3 is 0 Å². The van der Waals surface area contributed by atoms with E-state index in [1.165, 1.54) is 15.6 Å². The van der Waals surface area contributed by atoms with Crippen LogP contribution in [0.15, 0.2) is 31.6 Å². The van der Waals surface area contributed by atoms with Crippen LogP contribution in [-0.4, -0.2) is 19.8 Å². The van der Waals surface area contributed by atoms with Crippen molar-refractivity contribution >= 4 is 48.6 Å². The highest BCUT2D eigenvalue weighted by Gasteiger charge is 2.25. The smallest absolute Gasteiger partial charge is 0.206 e. The van der Waals surface area contributed by atoms with Crippen molar-refractivity contribution < 1.29 is 8.42 Å². The number of halogens is 1. The van der Waals surface area contributed by atoms with Crippen LogP contribution in [-0.2, 0) is 16.6 Å². The minimum absolute atomic E-state index is 0.360. The van der Waals surface area contributed by atoms with Crippen molar-refractivity contribution in [2.24, 2.45) is 0 Å². The van der Waals surface area contributed by atoms with Gasteiger partial charge in [-0.3, -0.25) is 0 Å². The quantitative estimate of drug-likeness (QED) is 0.828. The number of aryl methyl sites for hydroxylation is 1. The number of hydrogen-bond acceptors (Lipinski definition) is 4. The van der Waals surface area contributed by atoms with Gasteiger partial charge in [-0.15, -0.1) is 22.7 Å². The van der Waals surface area contributed by atoms with Crippen LogP contribution in [0.2, 0.25) is 0 Å². The molecule has 0 saturated carbocycles. The molecule has 0 aliphatic carbocycles. The minimum atomic E-state index is -3.41. The van der Waals surface area contributed by atoms with E-state index < -0.39 is 10.0 Å². The zero-order valence-electron chi connectivity index (χ0n) is 9.88. The first kappa shape index (κ1) is 14.2. The molecule has 0 aliphatic rings. The first-order chi connectivity index (χ1) is 8.43. The summed E-state index contributed by atoms with van der Waals surface area (Å²) in [5.74, 6) is 0. The maximum absolute atomic E-state index is 12.4. The average molecular weight is 366 g/mol. The lowest BCUT2D eigenvalue weighted by molar-refractivity contribution is 0.470. The Morgan fingerprint density at radius 3 is 2.44 bits per heavy atom. The molecule has 0 aliphatic heterocycles. The molecule has 0 fully saturated rings. The molecule has 0 saturated heterocycles. The van der Waals surface area contributed by atoms with Gasteiger partial charge in [0.15, 0.2) is 0 Å². The highest BCUT2D eigenvalue weighted by Crippen LogP contribution is 2.31. The van der Waals surface area contributed by atoms with E-state index in [9.17, 15) is 8.42 Å². The lowest BCUT2D eigenvalue weighted by Gasteiger charge is -2.16. The molecule has 0 atom stereocenters. The molecular weight excluding hydrogens is 354 g/mol. The molecule has 2 aromatic heterocycles. The maximum atomic E-state index is 12.4. The van der Waals surface area contributed by atoms with E-state index in [1.807, 2.05) is 18.4 Å². The van der Waals surface area contributed by atoms with E-state index in [0.29, 0.717) is 15.2 Å². The van der Waals surface area contributed by atoms with Gasteiger partial charge in [0.2, 0.25) is 0 Å². The Morgan fingerprint density at radius 1 is 1.28 bits per heavy atom. The van der Waals surface area contributed by atoms with E-state index in [0.717, 1.165) is 10.4 Å². The third-order valence-corrected chi connectivity index (χ3v) is 8.02. The molecule has 3 nitrogen and oxygen atoms in total. The predicted octanol–water partition coefficient (Wildman–Crippen LogP) is 3.70. The van der Waals surface area contributed by atoms with Crippen LogP contribution < -0.4 is 0 Å². The standard InChI is InChI=1S/C11H12BrNO2S3/c1-8-3-5-16-10(8)7-13(2)18(14,15)11-9(12)4-6-17-11/h3-6H,7H2,1-2H3. The molecule has 0 spiro atoms. The second-order valence-corrected chi connectivity index (χ2v) is 8.86. The molecule has 0 amide bonds.